The van der Waals surface area contributed by atoms with Gasteiger partial charge in [0.05, 0.1) is 17.9 Å². The first kappa shape index (κ1) is 12.3. The van der Waals surface area contributed by atoms with Crippen molar-refractivity contribution in [3.63, 3.8) is 0 Å². The quantitative estimate of drug-likeness (QED) is 0.856. The number of rotatable bonds is 6. The molecule has 0 saturated carbocycles. The number of hydrogen-bond acceptors (Lipinski definition) is 4. The van der Waals surface area contributed by atoms with Gasteiger partial charge in [-0.2, -0.15) is 11.3 Å². The zero-order valence-corrected chi connectivity index (χ0v) is 11.1. The molecule has 0 saturated heterocycles. The Labute approximate surface area is 106 Å². The van der Waals surface area contributed by atoms with E-state index in [1.165, 1.54) is 5.56 Å². The van der Waals surface area contributed by atoms with E-state index in [4.69, 9.17) is 0 Å². The summed E-state index contributed by atoms with van der Waals surface area (Å²) in [6.45, 7) is 6.12. The Morgan fingerprint density at radius 2 is 2.35 bits per heavy atom. The number of nitrogens with zero attached hydrogens (tertiary/aromatic N) is 3. The van der Waals surface area contributed by atoms with Gasteiger partial charge in [-0.3, -0.25) is 0 Å². The second-order valence-corrected chi connectivity index (χ2v) is 4.71. The lowest BCUT2D eigenvalue weighted by Crippen LogP contribution is -2.24. The monoisotopic (exact) mass is 250 g/mol. The highest BCUT2D eigenvalue weighted by atomic mass is 32.1. The molecule has 0 radical (unpaired) electrons. The van der Waals surface area contributed by atoms with Crippen molar-refractivity contribution in [2.45, 2.75) is 32.9 Å². The Morgan fingerprint density at radius 3 is 3.00 bits per heavy atom. The van der Waals surface area contributed by atoms with E-state index in [0.29, 0.717) is 0 Å². The third-order valence-corrected chi connectivity index (χ3v) is 3.37. The van der Waals surface area contributed by atoms with Crippen LogP contribution in [0.4, 0.5) is 0 Å². The molecule has 0 amide bonds. The van der Waals surface area contributed by atoms with Crippen LogP contribution in [0.1, 0.15) is 37.6 Å². The lowest BCUT2D eigenvalue weighted by Gasteiger charge is -2.17. The lowest BCUT2D eigenvalue weighted by molar-refractivity contribution is 0.512. The van der Waals surface area contributed by atoms with Crippen LogP contribution in [-0.4, -0.2) is 21.5 Å². The van der Waals surface area contributed by atoms with Gasteiger partial charge in [0.15, 0.2) is 0 Å². The van der Waals surface area contributed by atoms with Crippen LogP contribution in [0.15, 0.2) is 23.0 Å². The van der Waals surface area contributed by atoms with Crippen molar-refractivity contribution in [1.29, 1.82) is 0 Å². The van der Waals surface area contributed by atoms with E-state index >= 15 is 0 Å². The van der Waals surface area contributed by atoms with Crippen LogP contribution >= 0.6 is 11.3 Å². The minimum absolute atomic E-state index is 0.202. The van der Waals surface area contributed by atoms with E-state index in [1.807, 2.05) is 10.9 Å². The Bertz CT molecular complexity index is 435. The molecule has 5 heteroatoms. The molecule has 0 bridgehead atoms. The van der Waals surface area contributed by atoms with Crippen LogP contribution in [0.3, 0.4) is 0 Å². The topological polar surface area (TPSA) is 42.7 Å². The van der Waals surface area contributed by atoms with E-state index in [9.17, 15) is 0 Å². The van der Waals surface area contributed by atoms with Crippen molar-refractivity contribution in [3.05, 3.63) is 34.3 Å². The predicted octanol–water partition coefficient (Wildman–Crippen LogP) is 2.45. The number of hydrogen-bond donors (Lipinski definition) is 1. The van der Waals surface area contributed by atoms with E-state index in [1.54, 1.807) is 11.3 Å². The molecule has 1 N–H and O–H groups in total. The molecule has 0 aliphatic carbocycles. The number of aromatic nitrogens is 3. The standard InChI is InChI=1S/C12H18N4S/c1-3-6-16-11(8-14-15-16)12(13-4-2)10-5-7-17-9-10/h5,7-9,12-13H,3-4,6H2,1-2H3. The van der Waals surface area contributed by atoms with Crippen molar-refractivity contribution >= 4 is 11.3 Å². The van der Waals surface area contributed by atoms with Gasteiger partial charge >= 0.3 is 0 Å². The van der Waals surface area contributed by atoms with E-state index in [0.717, 1.165) is 25.2 Å². The molecule has 17 heavy (non-hydrogen) atoms. The third kappa shape index (κ3) is 2.73. The summed E-state index contributed by atoms with van der Waals surface area (Å²) in [7, 11) is 0. The zero-order chi connectivity index (χ0) is 12.1. The van der Waals surface area contributed by atoms with E-state index in [2.05, 4.69) is 46.3 Å². The fraction of sp³-hybridized carbons (Fsp3) is 0.500. The number of aryl methyl sites for hydroxylation is 1. The average molecular weight is 250 g/mol. The van der Waals surface area contributed by atoms with Crippen LogP contribution < -0.4 is 5.32 Å². The van der Waals surface area contributed by atoms with Crippen molar-refractivity contribution in [1.82, 2.24) is 20.3 Å². The molecule has 0 aromatic carbocycles. The van der Waals surface area contributed by atoms with Gasteiger partial charge in [0.2, 0.25) is 0 Å². The summed E-state index contributed by atoms with van der Waals surface area (Å²) < 4.78 is 1.99. The summed E-state index contributed by atoms with van der Waals surface area (Å²) in [6.07, 6.45) is 2.93. The molecule has 4 nitrogen and oxygen atoms in total. The van der Waals surface area contributed by atoms with E-state index in [-0.39, 0.29) is 6.04 Å². The molecule has 0 aliphatic rings. The molecular formula is C12H18N4S. The van der Waals surface area contributed by atoms with E-state index < -0.39 is 0 Å². The Balaban J connectivity index is 2.29. The van der Waals surface area contributed by atoms with Gasteiger partial charge < -0.3 is 5.32 Å². The highest BCUT2D eigenvalue weighted by Gasteiger charge is 2.18. The van der Waals surface area contributed by atoms with Crippen LogP contribution in [0.5, 0.6) is 0 Å². The second-order valence-electron chi connectivity index (χ2n) is 3.93. The zero-order valence-electron chi connectivity index (χ0n) is 10.3. The third-order valence-electron chi connectivity index (χ3n) is 2.66. The van der Waals surface area contributed by atoms with Crippen LogP contribution in [0.25, 0.3) is 0 Å². The molecule has 2 aromatic rings. The first-order valence-corrected chi connectivity index (χ1v) is 6.95. The Hall–Kier alpha value is -1.20. The van der Waals surface area contributed by atoms with Crippen LogP contribution in [0, 0.1) is 0 Å². The first-order valence-electron chi connectivity index (χ1n) is 6.00. The maximum atomic E-state index is 4.15. The predicted molar refractivity (Wildman–Crippen MR) is 70.2 cm³/mol. The maximum Gasteiger partial charge on any atom is 0.0802 e. The van der Waals surface area contributed by atoms with Gasteiger partial charge in [0, 0.05) is 6.54 Å². The molecular weight excluding hydrogens is 232 g/mol. The van der Waals surface area contributed by atoms with Gasteiger partial charge in [-0.05, 0) is 35.4 Å². The molecule has 2 heterocycles. The Morgan fingerprint density at radius 1 is 1.47 bits per heavy atom. The van der Waals surface area contributed by atoms with Crippen molar-refractivity contribution in [2.24, 2.45) is 0 Å². The summed E-state index contributed by atoms with van der Waals surface area (Å²) in [5.74, 6) is 0. The van der Waals surface area contributed by atoms with Gasteiger partial charge in [-0.1, -0.05) is 19.1 Å². The molecule has 2 aromatic heterocycles. The fourth-order valence-corrected chi connectivity index (χ4v) is 2.60. The van der Waals surface area contributed by atoms with Gasteiger partial charge in [0.25, 0.3) is 0 Å². The minimum Gasteiger partial charge on any atom is -0.305 e. The normalized spacial score (nSPS) is 12.8. The largest absolute Gasteiger partial charge is 0.305 e. The SMILES string of the molecule is CCCn1nncc1C(NCC)c1ccsc1. The first-order chi connectivity index (χ1) is 8.36. The van der Waals surface area contributed by atoms with Crippen molar-refractivity contribution < 1.29 is 0 Å². The summed E-state index contributed by atoms with van der Waals surface area (Å²) in [5.41, 5.74) is 2.43. The molecule has 0 spiro atoms. The summed E-state index contributed by atoms with van der Waals surface area (Å²) in [5, 5.41) is 16.0. The lowest BCUT2D eigenvalue weighted by atomic mass is 10.1. The Kier molecular flexibility index (Phi) is 4.28. The summed E-state index contributed by atoms with van der Waals surface area (Å²) in [4.78, 5) is 0. The minimum atomic E-state index is 0.202. The maximum absolute atomic E-state index is 4.15. The van der Waals surface area contributed by atoms with Crippen LogP contribution in [-0.2, 0) is 6.54 Å². The number of thiophene rings is 1. The van der Waals surface area contributed by atoms with Gasteiger partial charge in [-0.25, -0.2) is 4.68 Å². The molecule has 2 rings (SSSR count). The second kappa shape index (κ2) is 5.93. The molecule has 1 atom stereocenters. The highest BCUT2D eigenvalue weighted by Crippen LogP contribution is 2.23. The van der Waals surface area contributed by atoms with Crippen molar-refractivity contribution in [3.8, 4) is 0 Å². The smallest absolute Gasteiger partial charge is 0.0802 e. The average Bonchev–Trinajstić information content (AvgIpc) is 2.97. The van der Waals surface area contributed by atoms with Gasteiger partial charge in [0.1, 0.15) is 0 Å². The fourth-order valence-electron chi connectivity index (χ4n) is 1.91. The van der Waals surface area contributed by atoms with Gasteiger partial charge in [-0.15, -0.1) is 5.10 Å². The highest BCUT2D eigenvalue weighted by molar-refractivity contribution is 7.08. The molecule has 0 aliphatic heterocycles. The summed E-state index contributed by atoms with van der Waals surface area (Å²) >= 11 is 1.72. The molecule has 92 valence electrons. The van der Waals surface area contributed by atoms with Crippen LogP contribution in [0.2, 0.25) is 0 Å². The van der Waals surface area contributed by atoms with Crippen molar-refractivity contribution in [2.75, 3.05) is 6.54 Å². The summed E-state index contributed by atoms with van der Waals surface area (Å²) in [6, 6.07) is 2.36. The number of nitrogens with one attached hydrogen (secondary N) is 1. The molecule has 1 unspecified atom stereocenters. The molecule has 0 fully saturated rings.